The van der Waals surface area contributed by atoms with Gasteiger partial charge in [0.15, 0.2) is 0 Å². The summed E-state index contributed by atoms with van der Waals surface area (Å²) in [6.07, 6.45) is 1.76. The highest BCUT2D eigenvalue weighted by Crippen LogP contribution is 2.11. The maximum Gasteiger partial charge on any atom is 0.319 e. The second-order valence-electron chi connectivity index (χ2n) is 4.80. The van der Waals surface area contributed by atoms with E-state index < -0.39 is 0 Å². The molecule has 2 rings (SSSR count). The van der Waals surface area contributed by atoms with Gasteiger partial charge < -0.3 is 20.4 Å². The van der Waals surface area contributed by atoms with Crippen molar-refractivity contribution in [2.24, 2.45) is 0 Å². The van der Waals surface area contributed by atoms with Gasteiger partial charge in [-0.25, -0.2) is 4.79 Å². The van der Waals surface area contributed by atoms with Gasteiger partial charge in [-0.1, -0.05) is 18.2 Å². The van der Waals surface area contributed by atoms with Crippen molar-refractivity contribution in [3.8, 4) is 0 Å². The van der Waals surface area contributed by atoms with Crippen LogP contribution >= 0.6 is 0 Å². The van der Waals surface area contributed by atoms with Crippen molar-refractivity contribution in [2.45, 2.75) is 19.4 Å². The molecule has 0 aliphatic heterocycles. The zero-order valence-corrected chi connectivity index (χ0v) is 12.3. The number of carbonyl (C=O) groups excluding carboxylic acids is 2. The van der Waals surface area contributed by atoms with E-state index in [0.717, 1.165) is 0 Å². The molecule has 1 aromatic heterocycles. The Kier molecular flexibility index (Phi) is 5.59. The lowest BCUT2D eigenvalue weighted by atomic mass is 10.2. The summed E-state index contributed by atoms with van der Waals surface area (Å²) in [4.78, 5) is 23.4. The molecule has 116 valence electrons. The standard InChI is InChI=1S/C16H19N3O3/c1-12(14-8-5-11-22-14)18-15(20)9-10-17-16(21)19-13-6-3-2-4-7-13/h2-8,11-12H,9-10H2,1H3,(H,18,20)(H2,17,19,21)/t12-/m0/s1. The fraction of sp³-hybridized carbons (Fsp3) is 0.250. The third-order valence-corrected chi connectivity index (χ3v) is 3.02. The number of urea groups is 1. The zero-order valence-electron chi connectivity index (χ0n) is 12.3. The highest BCUT2D eigenvalue weighted by Gasteiger charge is 2.11. The van der Waals surface area contributed by atoms with Crippen molar-refractivity contribution in [2.75, 3.05) is 11.9 Å². The molecule has 0 fully saturated rings. The lowest BCUT2D eigenvalue weighted by Crippen LogP contribution is -2.34. The van der Waals surface area contributed by atoms with Crippen LogP contribution in [0.25, 0.3) is 0 Å². The maximum atomic E-state index is 11.8. The summed E-state index contributed by atoms with van der Waals surface area (Å²) in [5, 5.41) is 8.12. The molecule has 0 saturated heterocycles. The van der Waals surface area contributed by atoms with Gasteiger partial charge in [0.25, 0.3) is 0 Å². The second kappa shape index (κ2) is 7.87. The van der Waals surface area contributed by atoms with Gasteiger partial charge in [0.1, 0.15) is 5.76 Å². The molecule has 3 amide bonds. The zero-order chi connectivity index (χ0) is 15.8. The van der Waals surface area contributed by atoms with Crippen LogP contribution in [0.2, 0.25) is 0 Å². The topological polar surface area (TPSA) is 83.4 Å². The van der Waals surface area contributed by atoms with Crippen molar-refractivity contribution in [3.63, 3.8) is 0 Å². The molecule has 22 heavy (non-hydrogen) atoms. The summed E-state index contributed by atoms with van der Waals surface area (Å²) in [5.41, 5.74) is 0.705. The molecule has 0 unspecified atom stereocenters. The van der Waals surface area contributed by atoms with Crippen LogP contribution in [0.5, 0.6) is 0 Å². The molecule has 0 bridgehead atoms. The fourth-order valence-electron chi connectivity index (χ4n) is 1.91. The molecule has 3 N–H and O–H groups in total. The minimum absolute atomic E-state index is 0.149. The molecule has 6 heteroatoms. The van der Waals surface area contributed by atoms with Gasteiger partial charge in [0, 0.05) is 18.7 Å². The van der Waals surface area contributed by atoms with E-state index in [9.17, 15) is 9.59 Å². The van der Waals surface area contributed by atoms with Crippen LogP contribution in [-0.2, 0) is 4.79 Å². The number of amides is 3. The van der Waals surface area contributed by atoms with E-state index in [1.807, 2.05) is 25.1 Å². The molecule has 6 nitrogen and oxygen atoms in total. The minimum atomic E-state index is -0.335. The minimum Gasteiger partial charge on any atom is -0.467 e. The Labute approximate surface area is 128 Å². The Morgan fingerprint density at radius 3 is 2.59 bits per heavy atom. The normalized spacial score (nSPS) is 11.5. The van der Waals surface area contributed by atoms with E-state index in [-0.39, 0.29) is 30.9 Å². The quantitative estimate of drug-likeness (QED) is 0.767. The van der Waals surface area contributed by atoms with Gasteiger partial charge in [0.2, 0.25) is 5.91 Å². The van der Waals surface area contributed by atoms with Crippen LogP contribution in [0.4, 0.5) is 10.5 Å². The summed E-state index contributed by atoms with van der Waals surface area (Å²) >= 11 is 0. The Morgan fingerprint density at radius 1 is 1.14 bits per heavy atom. The van der Waals surface area contributed by atoms with Crippen molar-refractivity contribution < 1.29 is 14.0 Å². The molecule has 0 aliphatic carbocycles. The largest absolute Gasteiger partial charge is 0.467 e. The van der Waals surface area contributed by atoms with E-state index in [4.69, 9.17) is 4.42 Å². The smallest absolute Gasteiger partial charge is 0.319 e. The predicted molar refractivity (Wildman–Crippen MR) is 83.3 cm³/mol. The fourth-order valence-corrected chi connectivity index (χ4v) is 1.91. The Hall–Kier alpha value is -2.76. The summed E-state index contributed by atoms with van der Waals surface area (Å²) in [7, 11) is 0. The van der Waals surface area contributed by atoms with Crippen molar-refractivity contribution >= 4 is 17.6 Å². The molecule has 0 aliphatic rings. The molecule has 1 aromatic carbocycles. The Bertz CT molecular complexity index is 596. The van der Waals surface area contributed by atoms with Gasteiger partial charge in [-0.3, -0.25) is 4.79 Å². The Balaban J connectivity index is 1.65. The highest BCUT2D eigenvalue weighted by molar-refractivity contribution is 5.89. The first-order valence-corrected chi connectivity index (χ1v) is 7.08. The van der Waals surface area contributed by atoms with Crippen LogP contribution < -0.4 is 16.0 Å². The number of hydrogen-bond donors (Lipinski definition) is 3. The lowest BCUT2D eigenvalue weighted by molar-refractivity contribution is -0.121. The van der Waals surface area contributed by atoms with Crippen molar-refractivity contribution in [1.29, 1.82) is 0 Å². The van der Waals surface area contributed by atoms with Crippen molar-refractivity contribution in [3.05, 3.63) is 54.5 Å². The number of nitrogens with one attached hydrogen (secondary N) is 3. The van der Waals surface area contributed by atoms with Crippen LogP contribution in [0.1, 0.15) is 25.1 Å². The third-order valence-electron chi connectivity index (χ3n) is 3.02. The van der Waals surface area contributed by atoms with E-state index in [1.54, 1.807) is 30.5 Å². The summed E-state index contributed by atoms with van der Waals surface area (Å²) in [5.74, 6) is 0.548. The van der Waals surface area contributed by atoms with E-state index in [0.29, 0.717) is 11.4 Å². The number of carbonyl (C=O) groups is 2. The van der Waals surface area contributed by atoms with Crippen LogP contribution in [0.3, 0.4) is 0 Å². The van der Waals surface area contributed by atoms with Crippen LogP contribution in [0, 0.1) is 0 Å². The van der Waals surface area contributed by atoms with Crippen LogP contribution in [0.15, 0.2) is 53.1 Å². The summed E-state index contributed by atoms with van der Waals surface area (Å²) < 4.78 is 5.21. The van der Waals surface area contributed by atoms with Gasteiger partial charge in [-0.2, -0.15) is 0 Å². The monoisotopic (exact) mass is 301 g/mol. The number of benzene rings is 1. The molecule has 0 saturated carbocycles. The van der Waals surface area contributed by atoms with Gasteiger partial charge in [-0.15, -0.1) is 0 Å². The Morgan fingerprint density at radius 2 is 1.91 bits per heavy atom. The molecule has 0 radical (unpaired) electrons. The number of para-hydroxylation sites is 1. The first-order valence-electron chi connectivity index (χ1n) is 7.08. The lowest BCUT2D eigenvalue weighted by Gasteiger charge is -2.12. The third kappa shape index (κ3) is 4.97. The highest BCUT2D eigenvalue weighted by atomic mass is 16.3. The first-order chi connectivity index (χ1) is 10.6. The first kappa shape index (κ1) is 15.6. The van der Waals surface area contributed by atoms with Gasteiger partial charge >= 0.3 is 6.03 Å². The molecule has 0 spiro atoms. The molecule has 1 heterocycles. The maximum absolute atomic E-state index is 11.8. The molecule has 2 aromatic rings. The molecule has 1 atom stereocenters. The number of furan rings is 1. The average molecular weight is 301 g/mol. The second-order valence-corrected chi connectivity index (χ2v) is 4.80. The van der Waals surface area contributed by atoms with E-state index >= 15 is 0 Å². The number of anilines is 1. The van der Waals surface area contributed by atoms with Gasteiger partial charge in [0.05, 0.1) is 12.3 Å². The molecular weight excluding hydrogens is 282 g/mol. The average Bonchev–Trinajstić information content (AvgIpc) is 3.02. The number of hydrogen-bond acceptors (Lipinski definition) is 3. The van der Waals surface area contributed by atoms with Crippen LogP contribution in [-0.4, -0.2) is 18.5 Å². The van der Waals surface area contributed by atoms with E-state index in [2.05, 4.69) is 16.0 Å². The van der Waals surface area contributed by atoms with Crippen molar-refractivity contribution in [1.82, 2.24) is 10.6 Å². The SMILES string of the molecule is C[C@H](NC(=O)CCNC(=O)Nc1ccccc1)c1ccco1. The van der Waals surface area contributed by atoms with Gasteiger partial charge in [-0.05, 0) is 31.2 Å². The number of rotatable bonds is 6. The predicted octanol–water partition coefficient (Wildman–Crippen LogP) is 2.67. The van der Waals surface area contributed by atoms with E-state index in [1.165, 1.54) is 0 Å². The molecular formula is C16H19N3O3. The summed E-state index contributed by atoms with van der Waals surface area (Å²) in [6.45, 7) is 2.10. The summed E-state index contributed by atoms with van der Waals surface area (Å²) in [6, 6.07) is 12.2.